The molecule has 0 radical (unpaired) electrons. The minimum atomic E-state index is -0.356. The number of nitrogens with zero attached hydrogens (tertiary/aromatic N) is 2. The van der Waals surface area contributed by atoms with Crippen molar-refractivity contribution in [2.45, 2.75) is 26.2 Å². The number of hydrogen-bond donors (Lipinski definition) is 2. The summed E-state index contributed by atoms with van der Waals surface area (Å²) >= 11 is 1.52. The van der Waals surface area contributed by atoms with Gasteiger partial charge in [-0.05, 0) is 67.1 Å². The van der Waals surface area contributed by atoms with E-state index in [4.69, 9.17) is 0 Å². The highest BCUT2D eigenvalue weighted by atomic mass is 32.1. The summed E-state index contributed by atoms with van der Waals surface area (Å²) in [4.78, 5) is 26.6. The van der Waals surface area contributed by atoms with Crippen molar-refractivity contribution >= 4 is 23.2 Å². The molecule has 1 aromatic carbocycles. The molecule has 1 atom stereocenters. The van der Waals surface area contributed by atoms with Gasteiger partial charge in [-0.3, -0.25) is 20.4 Å². The number of amides is 2. The molecule has 0 aliphatic heterocycles. The Morgan fingerprint density at radius 3 is 2.70 bits per heavy atom. The Labute approximate surface area is 161 Å². The molecule has 2 N–H and O–H groups in total. The average Bonchev–Trinajstić information content (AvgIpc) is 3.35. The number of nitrogens with one attached hydrogen (secondary N) is 2. The second kappa shape index (κ2) is 7.36. The number of carbonyl (C=O) groups is 2. The van der Waals surface area contributed by atoms with E-state index in [9.17, 15) is 9.59 Å². The van der Waals surface area contributed by atoms with Gasteiger partial charge in [-0.15, -0.1) is 11.3 Å². The molecule has 2 heterocycles. The van der Waals surface area contributed by atoms with Crippen LogP contribution in [0.4, 0.5) is 0 Å². The van der Waals surface area contributed by atoms with E-state index in [0.717, 1.165) is 18.5 Å². The van der Waals surface area contributed by atoms with Crippen molar-refractivity contribution in [3.05, 3.63) is 69.7 Å². The van der Waals surface area contributed by atoms with Gasteiger partial charge in [0.25, 0.3) is 11.8 Å². The highest BCUT2D eigenvalue weighted by molar-refractivity contribution is 7.14. The van der Waals surface area contributed by atoms with Gasteiger partial charge in [-0.2, -0.15) is 5.10 Å². The number of benzene rings is 1. The van der Waals surface area contributed by atoms with Gasteiger partial charge in [0.05, 0.1) is 10.6 Å². The third-order valence-electron chi connectivity index (χ3n) is 4.74. The lowest BCUT2D eigenvalue weighted by atomic mass is 9.90. The fourth-order valence-electron chi connectivity index (χ4n) is 3.25. The normalized spacial score (nSPS) is 15.8. The number of hydrogen-bond acceptors (Lipinski definition) is 4. The Bertz CT molecular complexity index is 961. The Morgan fingerprint density at radius 1 is 1.19 bits per heavy atom. The van der Waals surface area contributed by atoms with E-state index in [-0.39, 0.29) is 11.8 Å². The molecular formula is C20H20N4O2S. The van der Waals surface area contributed by atoms with Crippen LogP contribution in [0, 0.1) is 5.92 Å². The lowest BCUT2D eigenvalue weighted by Gasteiger charge is -2.16. The van der Waals surface area contributed by atoms with Crippen molar-refractivity contribution in [1.29, 1.82) is 0 Å². The van der Waals surface area contributed by atoms with Crippen LogP contribution < -0.4 is 10.9 Å². The fourth-order valence-corrected chi connectivity index (χ4v) is 4.36. The van der Waals surface area contributed by atoms with Crippen LogP contribution in [0.5, 0.6) is 0 Å². The summed E-state index contributed by atoms with van der Waals surface area (Å²) < 4.78 is 1.71. The first-order valence-electron chi connectivity index (χ1n) is 8.92. The predicted octanol–water partition coefficient (Wildman–Crippen LogP) is 3.13. The maximum atomic E-state index is 12.4. The lowest BCUT2D eigenvalue weighted by molar-refractivity contribution is 0.0849. The standard InChI is InChI=1S/C20H20N4O2S/c1-13-3-8-17-15(11-13)12-18(27-17)20(26)23-22-19(25)14-4-6-16(7-5-14)24-10-2-9-21-24/h2,4-7,9-10,12-13H,3,8,11H2,1H3,(H,22,25)(H,23,26). The zero-order valence-electron chi connectivity index (χ0n) is 14.9. The van der Waals surface area contributed by atoms with Crippen LogP contribution in [-0.4, -0.2) is 21.6 Å². The van der Waals surface area contributed by atoms with Gasteiger partial charge in [0, 0.05) is 22.8 Å². The Kier molecular flexibility index (Phi) is 4.77. The molecular weight excluding hydrogens is 360 g/mol. The van der Waals surface area contributed by atoms with Gasteiger partial charge in [0.1, 0.15) is 0 Å². The first-order valence-corrected chi connectivity index (χ1v) is 9.74. The van der Waals surface area contributed by atoms with Crippen LogP contribution in [0.1, 0.15) is 43.8 Å². The Hall–Kier alpha value is -2.93. The largest absolute Gasteiger partial charge is 0.279 e. The maximum absolute atomic E-state index is 12.4. The summed E-state index contributed by atoms with van der Waals surface area (Å²) in [5, 5.41) is 4.15. The first kappa shape index (κ1) is 17.5. The zero-order valence-corrected chi connectivity index (χ0v) is 15.8. The molecule has 0 spiro atoms. The fraction of sp³-hybridized carbons (Fsp3) is 0.250. The highest BCUT2D eigenvalue weighted by Crippen LogP contribution is 2.32. The number of fused-ring (bicyclic) bond motifs is 1. The number of aromatic nitrogens is 2. The molecule has 1 aliphatic carbocycles. The second-order valence-corrected chi connectivity index (χ2v) is 7.95. The molecule has 138 valence electrons. The van der Waals surface area contributed by atoms with E-state index in [1.165, 1.54) is 28.2 Å². The molecule has 6 nitrogen and oxygen atoms in total. The lowest BCUT2D eigenvalue weighted by Crippen LogP contribution is -2.41. The molecule has 0 bridgehead atoms. The molecule has 0 fully saturated rings. The predicted molar refractivity (Wildman–Crippen MR) is 104 cm³/mol. The molecule has 2 aromatic heterocycles. The van der Waals surface area contributed by atoms with Crippen LogP contribution in [0.15, 0.2) is 48.8 Å². The van der Waals surface area contributed by atoms with E-state index in [1.54, 1.807) is 35.1 Å². The number of thiophene rings is 1. The maximum Gasteiger partial charge on any atom is 0.279 e. The molecule has 1 unspecified atom stereocenters. The van der Waals surface area contributed by atoms with Gasteiger partial charge >= 0.3 is 0 Å². The third kappa shape index (κ3) is 3.78. The van der Waals surface area contributed by atoms with Crippen molar-refractivity contribution in [3.8, 4) is 5.69 Å². The highest BCUT2D eigenvalue weighted by Gasteiger charge is 2.21. The molecule has 7 heteroatoms. The number of hydrazine groups is 1. The molecule has 1 aliphatic rings. The van der Waals surface area contributed by atoms with Gasteiger partial charge in [0.2, 0.25) is 0 Å². The second-order valence-electron chi connectivity index (χ2n) is 6.81. The first-order chi connectivity index (χ1) is 13.1. The summed E-state index contributed by atoms with van der Waals surface area (Å²) in [5.41, 5.74) is 7.59. The molecule has 0 saturated carbocycles. The topological polar surface area (TPSA) is 76.0 Å². The van der Waals surface area contributed by atoms with Crippen molar-refractivity contribution in [2.24, 2.45) is 5.92 Å². The average molecular weight is 380 g/mol. The van der Waals surface area contributed by atoms with Crippen molar-refractivity contribution in [2.75, 3.05) is 0 Å². The molecule has 2 amide bonds. The van der Waals surface area contributed by atoms with Gasteiger partial charge in [-0.25, -0.2) is 4.68 Å². The summed E-state index contributed by atoms with van der Waals surface area (Å²) in [6.07, 6.45) is 6.74. The Balaban J connectivity index is 1.37. The monoisotopic (exact) mass is 380 g/mol. The molecule has 3 aromatic rings. The van der Waals surface area contributed by atoms with Crippen molar-refractivity contribution in [3.63, 3.8) is 0 Å². The Morgan fingerprint density at radius 2 is 1.96 bits per heavy atom. The van der Waals surface area contributed by atoms with Crippen LogP contribution in [0.2, 0.25) is 0 Å². The molecule has 0 saturated heterocycles. The van der Waals surface area contributed by atoms with E-state index >= 15 is 0 Å². The van der Waals surface area contributed by atoms with Gasteiger partial charge in [0.15, 0.2) is 0 Å². The van der Waals surface area contributed by atoms with Crippen LogP contribution in [0.3, 0.4) is 0 Å². The summed E-state index contributed by atoms with van der Waals surface area (Å²) in [7, 11) is 0. The smallest absolute Gasteiger partial charge is 0.267 e. The summed E-state index contributed by atoms with van der Waals surface area (Å²) in [6.45, 7) is 2.23. The minimum Gasteiger partial charge on any atom is -0.267 e. The van der Waals surface area contributed by atoms with E-state index < -0.39 is 0 Å². The van der Waals surface area contributed by atoms with Crippen molar-refractivity contribution < 1.29 is 9.59 Å². The van der Waals surface area contributed by atoms with Gasteiger partial charge in [-0.1, -0.05) is 6.92 Å². The molecule has 27 heavy (non-hydrogen) atoms. The van der Waals surface area contributed by atoms with Crippen LogP contribution in [0.25, 0.3) is 5.69 Å². The van der Waals surface area contributed by atoms with Crippen LogP contribution >= 0.6 is 11.3 Å². The summed E-state index contributed by atoms with van der Waals surface area (Å²) in [6, 6.07) is 10.8. The number of rotatable bonds is 3. The number of carbonyl (C=O) groups excluding carboxylic acids is 2. The minimum absolute atomic E-state index is 0.274. The van der Waals surface area contributed by atoms with Crippen molar-refractivity contribution in [1.82, 2.24) is 20.6 Å². The molecule has 4 rings (SSSR count). The van der Waals surface area contributed by atoms with E-state index in [1.807, 2.05) is 18.3 Å². The third-order valence-corrected chi connectivity index (χ3v) is 5.98. The zero-order chi connectivity index (χ0) is 18.8. The quantitative estimate of drug-likeness (QED) is 0.686. The van der Waals surface area contributed by atoms with E-state index in [0.29, 0.717) is 16.4 Å². The van der Waals surface area contributed by atoms with E-state index in [2.05, 4.69) is 22.9 Å². The SMILES string of the molecule is CC1CCc2sc(C(=O)NNC(=O)c3ccc(-n4cccn4)cc3)cc2C1. The van der Waals surface area contributed by atoms with Gasteiger partial charge < -0.3 is 0 Å². The van der Waals surface area contributed by atoms with Crippen LogP contribution in [-0.2, 0) is 12.8 Å². The number of aryl methyl sites for hydroxylation is 1. The summed E-state index contributed by atoms with van der Waals surface area (Å²) in [5.74, 6) is 0.0290.